The average molecular weight is 272 g/mol. The number of hydrogen-bond donors (Lipinski definition) is 1. The Morgan fingerprint density at radius 2 is 2.12 bits per heavy atom. The van der Waals surface area contributed by atoms with Crippen LogP contribution in [0.3, 0.4) is 0 Å². The van der Waals surface area contributed by atoms with E-state index >= 15 is 0 Å². The zero-order chi connectivity index (χ0) is 13.2. The molecule has 1 atom stereocenters. The molecule has 4 heteroatoms. The maximum atomic E-state index is 6.19. The Hall–Kier alpha value is -0.800. The first-order valence-corrected chi connectivity index (χ1v) is 6.29. The Labute approximate surface area is 113 Å². The molecule has 0 amide bonds. The van der Waals surface area contributed by atoms with Gasteiger partial charge in [-0.1, -0.05) is 30.7 Å². The summed E-state index contributed by atoms with van der Waals surface area (Å²) in [5, 5.41) is 0.758. The summed E-state index contributed by atoms with van der Waals surface area (Å²) < 4.78 is 5.45. The van der Waals surface area contributed by atoms with Crippen molar-refractivity contribution in [2.45, 2.75) is 27.2 Å². The van der Waals surface area contributed by atoms with E-state index in [0.29, 0.717) is 4.99 Å². The van der Waals surface area contributed by atoms with Gasteiger partial charge in [0.1, 0.15) is 5.75 Å². The lowest BCUT2D eigenvalue weighted by molar-refractivity contribution is 0.404. The molecule has 1 unspecified atom stereocenters. The van der Waals surface area contributed by atoms with Gasteiger partial charge in [-0.25, -0.2) is 0 Å². The summed E-state index contributed by atoms with van der Waals surface area (Å²) in [6, 6.07) is 1.92. The van der Waals surface area contributed by atoms with Gasteiger partial charge in [-0.15, -0.1) is 0 Å². The fraction of sp³-hybridized carbons (Fsp3) is 0.462. The van der Waals surface area contributed by atoms with Crippen LogP contribution in [-0.2, 0) is 6.42 Å². The highest BCUT2D eigenvalue weighted by atomic mass is 35.5. The van der Waals surface area contributed by atoms with Gasteiger partial charge in [0.25, 0.3) is 0 Å². The third-order valence-electron chi connectivity index (χ3n) is 2.99. The molecule has 1 aromatic carbocycles. The van der Waals surface area contributed by atoms with E-state index in [1.54, 1.807) is 7.11 Å². The maximum absolute atomic E-state index is 6.19. The van der Waals surface area contributed by atoms with Crippen LogP contribution >= 0.6 is 23.8 Å². The first kappa shape index (κ1) is 14.3. The molecule has 0 aromatic heterocycles. The third-order valence-corrected chi connectivity index (χ3v) is 3.78. The molecule has 0 fully saturated rings. The Kier molecular flexibility index (Phi) is 4.78. The van der Waals surface area contributed by atoms with Gasteiger partial charge >= 0.3 is 0 Å². The molecule has 0 aliphatic carbocycles. The second-order valence-electron chi connectivity index (χ2n) is 4.32. The number of thiocarbonyl (C=S) groups is 1. The molecule has 17 heavy (non-hydrogen) atoms. The number of halogens is 1. The van der Waals surface area contributed by atoms with Crippen molar-refractivity contribution in [3.05, 3.63) is 27.8 Å². The summed E-state index contributed by atoms with van der Waals surface area (Å²) in [7, 11) is 1.67. The van der Waals surface area contributed by atoms with E-state index in [1.165, 1.54) is 0 Å². The molecule has 0 saturated heterocycles. The highest BCUT2D eigenvalue weighted by Gasteiger charge is 2.16. The highest BCUT2D eigenvalue weighted by Crippen LogP contribution is 2.33. The lowest BCUT2D eigenvalue weighted by Crippen LogP contribution is -2.21. The zero-order valence-corrected chi connectivity index (χ0v) is 12.2. The molecule has 0 radical (unpaired) electrons. The minimum Gasteiger partial charge on any atom is -0.496 e. The smallest absolute Gasteiger partial charge is 0.125 e. The number of hydrogen-bond acceptors (Lipinski definition) is 2. The fourth-order valence-electron chi connectivity index (χ4n) is 1.85. The van der Waals surface area contributed by atoms with E-state index in [2.05, 4.69) is 0 Å². The van der Waals surface area contributed by atoms with Crippen LogP contribution in [0.5, 0.6) is 5.75 Å². The van der Waals surface area contributed by atoms with Crippen LogP contribution in [-0.4, -0.2) is 12.1 Å². The van der Waals surface area contributed by atoms with Gasteiger partial charge in [-0.05, 0) is 43.0 Å². The number of rotatable bonds is 4. The van der Waals surface area contributed by atoms with Crippen molar-refractivity contribution in [1.29, 1.82) is 0 Å². The van der Waals surface area contributed by atoms with Crippen LogP contribution in [0.25, 0.3) is 0 Å². The van der Waals surface area contributed by atoms with Crippen molar-refractivity contribution < 1.29 is 4.74 Å². The molecule has 2 N–H and O–H groups in total. The lowest BCUT2D eigenvalue weighted by Gasteiger charge is -2.18. The van der Waals surface area contributed by atoms with Crippen LogP contribution in [0, 0.1) is 19.8 Å². The van der Waals surface area contributed by atoms with Crippen LogP contribution in [0.2, 0.25) is 5.02 Å². The fourth-order valence-corrected chi connectivity index (χ4v) is 2.21. The number of nitrogens with two attached hydrogens (primary N) is 1. The van der Waals surface area contributed by atoms with Gasteiger partial charge in [0.2, 0.25) is 0 Å². The topological polar surface area (TPSA) is 35.2 Å². The summed E-state index contributed by atoms with van der Waals surface area (Å²) in [5.74, 6) is 1.02. The Balaban J connectivity index is 3.25. The van der Waals surface area contributed by atoms with Crippen molar-refractivity contribution in [3.8, 4) is 5.75 Å². The molecule has 1 aromatic rings. The molecular weight excluding hydrogens is 254 g/mol. The number of methoxy groups -OCH3 is 1. The highest BCUT2D eigenvalue weighted by molar-refractivity contribution is 7.80. The van der Waals surface area contributed by atoms with Crippen molar-refractivity contribution in [3.63, 3.8) is 0 Å². The van der Waals surface area contributed by atoms with Crippen LogP contribution < -0.4 is 10.5 Å². The predicted molar refractivity (Wildman–Crippen MR) is 77.1 cm³/mol. The average Bonchev–Trinajstić information content (AvgIpc) is 2.25. The van der Waals surface area contributed by atoms with Gasteiger partial charge in [-0.2, -0.15) is 0 Å². The molecule has 0 bridgehead atoms. The summed E-state index contributed by atoms with van der Waals surface area (Å²) >= 11 is 11.2. The van der Waals surface area contributed by atoms with Gasteiger partial charge in [0, 0.05) is 10.9 Å². The molecule has 2 nitrogen and oxygen atoms in total. The van der Waals surface area contributed by atoms with E-state index in [-0.39, 0.29) is 5.92 Å². The molecule has 1 rings (SSSR count). The van der Waals surface area contributed by atoms with E-state index < -0.39 is 0 Å². The standard InChI is InChI=1S/C13H18ClNOS/c1-7-6-11(14)9(3)10(12(7)16-4)5-8(2)13(15)17/h6,8H,5H2,1-4H3,(H2,15,17). The first-order chi connectivity index (χ1) is 7.88. The molecular formula is C13H18ClNOS. The maximum Gasteiger partial charge on any atom is 0.125 e. The summed E-state index contributed by atoms with van der Waals surface area (Å²) in [6.07, 6.45) is 0.756. The molecule has 0 aliphatic rings. The quantitative estimate of drug-likeness (QED) is 0.852. The van der Waals surface area contributed by atoms with Crippen LogP contribution in [0.1, 0.15) is 23.6 Å². The number of ether oxygens (including phenoxy) is 1. The van der Waals surface area contributed by atoms with Crippen molar-refractivity contribution in [1.82, 2.24) is 0 Å². The van der Waals surface area contributed by atoms with Gasteiger partial charge < -0.3 is 10.5 Å². The Bertz CT molecular complexity index is 446. The van der Waals surface area contributed by atoms with Gasteiger partial charge in [-0.3, -0.25) is 0 Å². The second-order valence-corrected chi connectivity index (χ2v) is 5.20. The summed E-state index contributed by atoms with van der Waals surface area (Å²) in [6.45, 7) is 5.99. The number of aryl methyl sites for hydroxylation is 1. The Morgan fingerprint density at radius 3 is 2.59 bits per heavy atom. The minimum absolute atomic E-state index is 0.135. The minimum atomic E-state index is 0.135. The molecule has 94 valence electrons. The molecule has 0 saturated carbocycles. The van der Waals surface area contributed by atoms with Gasteiger partial charge in [0.15, 0.2) is 0 Å². The van der Waals surface area contributed by atoms with E-state index in [9.17, 15) is 0 Å². The second kappa shape index (κ2) is 5.69. The van der Waals surface area contributed by atoms with Crippen molar-refractivity contribution in [2.24, 2.45) is 11.7 Å². The van der Waals surface area contributed by atoms with Crippen LogP contribution in [0.15, 0.2) is 6.07 Å². The number of benzene rings is 1. The normalized spacial score (nSPS) is 12.3. The molecule has 0 heterocycles. The first-order valence-electron chi connectivity index (χ1n) is 5.50. The third kappa shape index (κ3) is 3.11. The summed E-state index contributed by atoms with van der Waals surface area (Å²) in [4.78, 5) is 0.518. The van der Waals surface area contributed by atoms with E-state index in [0.717, 1.165) is 33.9 Å². The summed E-state index contributed by atoms with van der Waals surface area (Å²) in [5.41, 5.74) is 8.83. The van der Waals surface area contributed by atoms with Crippen molar-refractivity contribution >= 4 is 28.8 Å². The lowest BCUT2D eigenvalue weighted by atomic mass is 9.94. The zero-order valence-electron chi connectivity index (χ0n) is 10.6. The van der Waals surface area contributed by atoms with Crippen molar-refractivity contribution in [2.75, 3.05) is 7.11 Å². The monoisotopic (exact) mass is 271 g/mol. The van der Waals surface area contributed by atoms with Gasteiger partial charge in [0.05, 0.1) is 12.1 Å². The van der Waals surface area contributed by atoms with Crippen LogP contribution in [0.4, 0.5) is 0 Å². The van der Waals surface area contributed by atoms with E-state index in [4.69, 9.17) is 34.3 Å². The molecule has 0 spiro atoms. The largest absolute Gasteiger partial charge is 0.496 e. The Morgan fingerprint density at radius 1 is 1.53 bits per heavy atom. The molecule has 0 aliphatic heterocycles. The SMILES string of the molecule is COc1c(C)cc(Cl)c(C)c1CC(C)C(N)=S. The predicted octanol–water partition coefficient (Wildman–Crippen LogP) is 3.43. The van der Waals surface area contributed by atoms with E-state index in [1.807, 2.05) is 26.8 Å².